The minimum Gasteiger partial charge on any atom is -0.493 e. The van der Waals surface area contributed by atoms with Crippen molar-refractivity contribution in [2.24, 2.45) is 0 Å². The Bertz CT molecular complexity index is 432. The van der Waals surface area contributed by atoms with Crippen LogP contribution in [0.3, 0.4) is 0 Å². The fourth-order valence-electron chi connectivity index (χ4n) is 2.26. The molecular weight excluding hydrogens is 266 g/mol. The number of rotatable bonds is 11. The van der Waals surface area contributed by atoms with Gasteiger partial charge < -0.3 is 15.6 Å². The van der Waals surface area contributed by atoms with Gasteiger partial charge in [-0.25, -0.2) is 4.79 Å². The third-order valence-corrected chi connectivity index (χ3v) is 3.49. The zero-order valence-electron chi connectivity index (χ0n) is 12.9. The summed E-state index contributed by atoms with van der Waals surface area (Å²) in [5.41, 5.74) is 6.16. The molecule has 1 rings (SSSR count). The highest BCUT2D eigenvalue weighted by molar-refractivity contribution is 5.92. The van der Waals surface area contributed by atoms with Crippen LogP contribution in [0.15, 0.2) is 18.2 Å². The molecule has 0 spiro atoms. The number of benzene rings is 1. The molecule has 0 saturated heterocycles. The van der Waals surface area contributed by atoms with E-state index in [1.807, 2.05) is 0 Å². The van der Waals surface area contributed by atoms with Gasteiger partial charge in [-0.3, -0.25) is 0 Å². The van der Waals surface area contributed by atoms with E-state index in [0.29, 0.717) is 18.0 Å². The zero-order chi connectivity index (χ0) is 15.5. The van der Waals surface area contributed by atoms with E-state index in [0.717, 1.165) is 12.8 Å². The molecule has 4 heteroatoms. The first-order valence-electron chi connectivity index (χ1n) is 7.90. The van der Waals surface area contributed by atoms with Crippen LogP contribution in [0.1, 0.15) is 68.6 Å². The van der Waals surface area contributed by atoms with E-state index in [1.165, 1.54) is 44.6 Å². The maximum absolute atomic E-state index is 11.1. The van der Waals surface area contributed by atoms with Crippen LogP contribution in [-0.4, -0.2) is 17.7 Å². The van der Waals surface area contributed by atoms with Crippen molar-refractivity contribution in [3.8, 4) is 5.75 Å². The van der Waals surface area contributed by atoms with E-state index in [4.69, 9.17) is 15.6 Å². The Morgan fingerprint density at radius 1 is 1.10 bits per heavy atom. The van der Waals surface area contributed by atoms with Gasteiger partial charge in [0.1, 0.15) is 11.3 Å². The molecule has 1 aromatic carbocycles. The lowest BCUT2D eigenvalue weighted by molar-refractivity contribution is 0.0692. The summed E-state index contributed by atoms with van der Waals surface area (Å²) in [4.78, 5) is 11.1. The summed E-state index contributed by atoms with van der Waals surface area (Å²) in [7, 11) is 0. The summed E-state index contributed by atoms with van der Waals surface area (Å²) in [6, 6.07) is 4.73. The third-order valence-electron chi connectivity index (χ3n) is 3.49. The van der Waals surface area contributed by atoms with Gasteiger partial charge in [0.05, 0.1) is 6.61 Å². The van der Waals surface area contributed by atoms with Crippen molar-refractivity contribution >= 4 is 11.7 Å². The Morgan fingerprint density at radius 2 is 1.71 bits per heavy atom. The Labute approximate surface area is 127 Å². The van der Waals surface area contributed by atoms with Crippen LogP contribution in [-0.2, 0) is 0 Å². The minimum absolute atomic E-state index is 0.134. The van der Waals surface area contributed by atoms with Crippen molar-refractivity contribution in [1.29, 1.82) is 0 Å². The predicted octanol–water partition coefficient (Wildman–Crippen LogP) is 4.49. The summed E-state index contributed by atoms with van der Waals surface area (Å²) in [6.45, 7) is 2.78. The second kappa shape index (κ2) is 10.1. The molecule has 0 atom stereocenters. The topological polar surface area (TPSA) is 72.5 Å². The summed E-state index contributed by atoms with van der Waals surface area (Å²) >= 11 is 0. The number of carboxylic acid groups (broad SMARTS) is 1. The number of hydrogen-bond acceptors (Lipinski definition) is 3. The predicted molar refractivity (Wildman–Crippen MR) is 85.9 cm³/mol. The SMILES string of the molecule is CCCCCCCCCCOc1ccc(N)cc1C(=O)O. The van der Waals surface area contributed by atoms with E-state index in [-0.39, 0.29) is 5.56 Å². The highest BCUT2D eigenvalue weighted by Gasteiger charge is 2.11. The van der Waals surface area contributed by atoms with Gasteiger partial charge in [-0.05, 0) is 24.6 Å². The van der Waals surface area contributed by atoms with Crippen molar-refractivity contribution in [1.82, 2.24) is 0 Å². The molecule has 0 amide bonds. The molecule has 0 aliphatic carbocycles. The molecule has 0 aliphatic heterocycles. The number of nitrogens with two attached hydrogens (primary N) is 1. The molecule has 0 radical (unpaired) electrons. The van der Waals surface area contributed by atoms with Crippen LogP contribution in [0.25, 0.3) is 0 Å². The molecule has 0 saturated carbocycles. The van der Waals surface area contributed by atoms with Crippen molar-refractivity contribution in [2.75, 3.05) is 12.3 Å². The molecule has 0 heterocycles. The van der Waals surface area contributed by atoms with Gasteiger partial charge in [-0.2, -0.15) is 0 Å². The first-order valence-corrected chi connectivity index (χ1v) is 7.90. The summed E-state index contributed by atoms with van der Waals surface area (Å²) < 4.78 is 5.56. The highest BCUT2D eigenvalue weighted by Crippen LogP contribution is 2.21. The number of hydrogen-bond donors (Lipinski definition) is 2. The average Bonchev–Trinajstić information content (AvgIpc) is 2.46. The van der Waals surface area contributed by atoms with Gasteiger partial charge >= 0.3 is 5.97 Å². The molecule has 118 valence electrons. The molecular formula is C17H27NO3. The molecule has 0 unspecified atom stereocenters. The average molecular weight is 293 g/mol. The second-order valence-corrected chi connectivity index (χ2v) is 5.38. The molecule has 1 aromatic rings. The molecule has 0 aliphatic rings. The van der Waals surface area contributed by atoms with E-state index in [2.05, 4.69) is 6.92 Å². The van der Waals surface area contributed by atoms with Gasteiger partial charge in [0, 0.05) is 5.69 Å². The largest absolute Gasteiger partial charge is 0.493 e. The fourth-order valence-corrected chi connectivity index (χ4v) is 2.26. The summed E-state index contributed by atoms with van der Waals surface area (Å²) in [6.07, 6.45) is 9.85. The number of anilines is 1. The highest BCUT2D eigenvalue weighted by atomic mass is 16.5. The van der Waals surface area contributed by atoms with Crippen LogP contribution in [0, 0.1) is 0 Å². The first-order chi connectivity index (χ1) is 10.1. The van der Waals surface area contributed by atoms with E-state index in [9.17, 15) is 4.79 Å². The zero-order valence-corrected chi connectivity index (χ0v) is 12.9. The van der Waals surface area contributed by atoms with Crippen LogP contribution < -0.4 is 10.5 Å². The Hall–Kier alpha value is -1.71. The lowest BCUT2D eigenvalue weighted by Gasteiger charge is -2.09. The number of carbonyl (C=O) groups is 1. The van der Waals surface area contributed by atoms with Crippen LogP contribution in [0.4, 0.5) is 5.69 Å². The summed E-state index contributed by atoms with van der Waals surface area (Å²) in [5, 5.41) is 9.10. The van der Waals surface area contributed by atoms with E-state index in [1.54, 1.807) is 12.1 Å². The number of aromatic carboxylic acids is 1. The summed E-state index contributed by atoms with van der Waals surface area (Å²) in [5.74, 6) is -0.604. The Morgan fingerprint density at radius 3 is 2.33 bits per heavy atom. The molecule has 4 nitrogen and oxygen atoms in total. The van der Waals surface area contributed by atoms with E-state index < -0.39 is 5.97 Å². The molecule has 3 N–H and O–H groups in total. The number of unbranched alkanes of at least 4 members (excludes halogenated alkanes) is 7. The lowest BCUT2D eigenvalue weighted by Crippen LogP contribution is -2.05. The Balaban J connectivity index is 2.20. The van der Waals surface area contributed by atoms with Crippen molar-refractivity contribution < 1.29 is 14.6 Å². The molecule has 0 fully saturated rings. The monoisotopic (exact) mass is 293 g/mol. The lowest BCUT2D eigenvalue weighted by atomic mass is 10.1. The molecule has 21 heavy (non-hydrogen) atoms. The second-order valence-electron chi connectivity index (χ2n) is 5.38. The first kappa shape index (κ1) is 17.3. The van der Waals surface area contributed by atoms with Gasteiger partial charge in [-0.1, -0.05) is 51.9 Å². The fraction of sp³-hybridized carbons (Fsp3) is 0.588. The number of nitrogen functional groups attached to an aromatic ring is 1. The third kappa shape index (κ3) is 7.02. The maximum atomic E-state index is 11.1. The van der Waals surface area contributed by atoms with Crippen molar-refractivity contribution in [2.45, 2.75) is 58.3 Å². The van der Waals surface area contributed by atoms with Gasteiger partial charge in [0.25, 0.3) is 0 Å². The molecule has 0 aromatic heterocycles. The molecule has 0 bridgehead atoms. The van der Waals surface area contributed by atoms with Gasteiger partial charge in [-0.15, -0.1) is 0 Å². The van der Waals surface area contributed by atoms with E-state index >= 15 is 0 Å². The quantitative estimate of drug-likeness (QED) is 0.466. The van der Waals surface area contributed by atoms with Crippen LogP contribution >= 0.6 is 0 Å². The Kier molecular flexibility index (Phi) is 8.32. The standard InChI is InChI=1S/C17H27NO3/c1-2-3-4-5-6-7-8-9-12-21-16-11-10-14(18)13-15(16)17(19)20/h10-11,13H,2-9,12,18H2,1H3,(H,19,20). The smallest absolute Gasteiger partial charge is 0.339 e. The van der Waals surface area contributed by atoms with Gasteiger partial charge in [0.2, 0.25) is 0 Å². The normalized spacial score (nSPS) is 10.5. The number of ether oxygens (including phenoxy) is 1. The van der Waals surface area contributed by atoms with Crippen LogP contribution in [0.5, 0.6) is 5.75 Å². The maximum Gasteiger partial charge on any atom is 0.339 e. The van der Waals surface area contributed by atoms with Crippen LogP contribution in [0.2, 0.25) is 0 Å². The minimum atomic E-state index is -1.01. The number of carboxylic acids is 1. The van der Waals surface area contributed by atoms with Crippen molar-refractivity contribution in [3.63, 3.8) is 0 Å². The van der Waals surface area contributed by atoms with Gasteiger partial charge in [0.15, 0.2) is 0 Å². The van der Waals surface area contributed by atoms with Crippen molar-refractivity contribution in [3.05, 3.63) is 23.8 Å².